The maximum atomic E-state index is 12.1. The van der Waals surface area contributed by atoms with Crippen LogP contribution < -0.4 is 0 Å². The van der Waals surface area contributed by atoms with Crippen LogP contribution in [0.3, 0.4) is 0 Å². The molecule has 1 aliphatic heterocycles. The highest BCUT2D eigenvalue weighted by atomic mass is 32.1. The molecule has 0 saturated carbocycles. The summed E-state index contributed by atoms with van der Waals surface area (Å²) < 4.78 is 5.03. The second kappa shape index (κ2) is 6.58. The van der Waals surface area contributed by atoms with Crippen molar-refractivity contribution in [1.82, 2.24) is 4.90 Å². The molecule has 0 spiro atoms. The minimum absolute atomic E-state index is 0.0287. The Morgan fingerprint density at radius 2 is 1.78 bits per heavy atom. The molecule has 1 aromatic heterocycles. The number of fused-ring (bicyclic) bond motifs is 1. The Morgan fingerprint density at radius 1 is 1.09 bits per heavy atom. The van der Waals surface area contributed by atoms with Gasteiger partial charge in [-0.1, -0.05) is 18.2 Å². The SMILES string of the molecule is O=C(C=Cc1cccs1)OCCN1C(=O)c2ccccc2C1=O. The normalized spacial score (nSPS) is 13.7. The molecule has 5 nitrogen and oxygen atoms in total. The van der Waals surface area contributed by atoms with E-state index in [2.05, 4.69) is 0 Å². The van der Waals surface area contributed by atoms with Crippen LogP contribution >= 0.6 is 11.3 Å². The van der Waals surface area contributed by atoms with Gasteiger partial charge in [-0.3, -0.25) is 14.5 Å². The van der Waals surface area contributed by atoms with E-state index < -0.39 is 5.97 Å². The molecule has 0 radical (unpaired) electrons. The van der Waals surface area contributed by atoms with Gasteiger partial charge in [-0.25, -0.2) is 4.79 Å². The van der Waals surface area contributed by atoms with Crippen molar-refractivity contribution in [1.29, 1.82) is 0 Å². The number of thiophene rings is 1. The molecule has 1 aromatic carbocycles. The van der Waals surface area contributed by atoms with Crippen LogP contribution in [0.5, 0.6) is 0 Å². The van der Waals surface area contributed by atoms with Gasteiger partial charge in [0, 0.05) is 11.0 Å². The first-order valence-electron chi connectivity index (χ1n) is 7.00. The Hall–Kier alpha value is -2.73. The van der Waals surface area contributed by atoms with Crippen LogP contribution in [0.15, 0.2) is 47.9 Å². The second-order valence-electron chi connectivity index (χ2n) is 4.82. The number of amides is 2. The smallest absolute Gasteiger partial charge is 0.330 e. The number of imide groups is 1. The average Bonchev–Trinajstić information content (AvgIpc) is 3.16. The van der Waals surface area contributed by atoms with Crippen LogP contribution in [-0.4, -0.2) is 35.8 Å². The van der Waals surface area contributed by atoms with E-state index in [9.17, 15) is 14.4 Å². The second-order valence-corrected chi connectivity index (χ2v) is 5.80. The Balaban J connectivity index is 1.53. The number of carbonyl (C=O) groups excluding carboxylic acids is 3. The van der Waals surface area contributed by atoms with E-state index in [0.717, 1.165) is 9.78 Å². The van der Waals surface area contributed by atoms with Gasteiger partial charge in [0.2, 0.25) is 0 Å². The lowest BCUT2D eigenvalue weighted by Gasteiger charge is -2.13. The van der Waals surface area contributed by atoms with Crippen molar-refractivity contribution in [3.8, 4) is 0 Å². The molecule has 0 atom stereocenters. The average molecular weight is 327 g/mol. The van der Waals surface area contributed by atoms with E-state index in [1.807, 2.05) is 17.5 Å². The highest BCUT2D eigenvalue weighted by molar-refractivity contribution is 7.10. The van der Waals surface area contributed by atoms with Crippen molar-refractivity contribution in [3.63, 3.8) is 0 Å². The van der Waals surface area contributed by atoms with Crippen LogP contribution in [0, 0.1) is 0 Å². The molecule has 6 heteroatoms. The quantitative estimate of drug-likeness (QED) is 0.481. The molecule has 116 valence electrons. The van der Waals surface area contributed by atoms with Gasteiger partial charge in [0.25, 0.3) is 11.8 Å². The van der Waals surface area contributed by atoms with Crippen molar-refractivity contribution in [2.45, 2.75) is 0 Å². The predicted molar refractivity (Wildman–Crippen MR) is 86.1 cm³/mol. The van der Waals surface area contributed by atoms with E-state index in [1.54, 1.807) is 30.3 Å². The monoisotopic (exact) mass is 327 g/mol. The minimum Gasteiger partial charge on any atom is -0.461 e. The lowest BCUT2D eigenvalue weighted by molar-refractivity contribution is -0.137. The third-order valence-electron chi connectivity index (χ3n) is 3.36. The predicted octanol–water partition coefficient (Wildman–Crippen LogP) is 2.60. The summed E-state index contributed by atoms with van der Waals surface area (Å²) in [5, 5.41) is 1.91. The van der Waals surface area contributed by atoms with E-state index in [0.29, 0.717) is 11.1 Å². The first-order valence-corrected chi connectivity index (χ1v) is 7.88. The molecule has 0 saturated heterocycles. The maximum Gasteiger partial charge on any atom is 0.330 e. The van der Waals surface area contributed by atoms with E-state index >= 15 is 0 Å². The zero-order valence-corrected chi connectivity index (χ0v) is 12.9. The van der Waals surface area contributed by atoms with E-state index in [4.69, 9.17) is 4.74 Å². The maximum absolute atomic E-state index is 12.1. The summed E-state index contributed by atoms with van der Waals surface area (Å²) in [7, 11) is 0. The summed E-state index contributed by atoms with van der Waals surface area (Å²) in [6.07, 6.45) is 2.99. The molecule has 0 bridgehead atoms. The lowest BCUT2D eigenvalue weighted by Crippen LogP contribution is -2.33. The van der Waals surface area contributed by atoms with Crippen molar-refractivity contribution >= 4 is 35.2 Å². The van der Waals surface area contributed by atoms with Gasteiger partial charge in [-0.05, 0) is 29.7 Å². The van der Waals surface area contributed by atoms with Crippen LogP contribution in [0.4, 0.5) is 0 Å². The number of hydrogen-bond acceptors (Lipinski definition) is 5. The summed E-state index contributed by atoms with van der Waals surface area (Å²) in [6, 6.07) is 10.4. The summed E-state index contributed by atoms with van der Waals surface area (Å²) >= 11 is 1.51. The van der Waals surface area contributed by atoms with Gasteiger partial charge in [-0.2, -0.15) is 0 Å². The fourth-order valence-electron chi connectivity index (χ4n) is 2.26. The summed E-state index contributed by atoms with van der Waals surface area (Å²) in [6.45, 7) is 0.0179. The Morgan fingerprint density at radius 3 is 2.39 bits per heavy atom. The zero-order valence-electron chi connectivity index (χ0n) is 12.1. The number of ether oxygens (including phenoxy) is 1. The molecule has 0 aliphatic carbocycles. The van der Waals surface area contributed by atoms with Crippen LogP contribution in [0.2, 0.25) is 0 Å². The van der Waals surface area contributed by atoms with Crippen LogP contribution in [0.1, 0.15) is 25.6 Å². The first kappa shape index (κ1) is 15.2. The Bertz CT molecular complexity index is 745. The van der Waals surface area contributed by atoms with Gasteiger partial charge in [-0.15, -0.1) is 11.3 Å². The molecular formula is C17H13NO4S. The van der Waals surface area contributed by atoms with Gasteiger partial charge in [0.15, 0.2) is 0 Å². The zero-order chi connectivity index (χ0) is 16.2. The minimum atomic E-state index is -0.505. The number of esters is 1. The first-order chi connectivity index (χ1) is 11.2. The van der Waals surface area contributed by atoms with Gasteiger partial charge in [0.1, 0.15) is 6.61 Å². The van der Waals surface area contributed by atoms with Crippen molar-refractivity contribution < 1.29 is 19.1 Å². The van der Waals surface area contributed by atoms with Gasteiger partial charge in [0.05, 0.1) is 17.7 Å². The molecule has 0 unspecified atom stereocenters. The van der Waals surface area contributed by atoms with Gasteiger partial charge < -0.3 is 4.74 Å². The standard InChI is InChI=1S/C17H13NO4S/c19-15(8-7-12-4-3-11-23-12)22-10-9-18-16(20)13-5-1-2-6-14(13)17(18)21/h1-8,11H,9-10H2. The third kappa shape index (κ3) is 3.22. The molecular weight excluding hydrogens is 314 g/mol. The molecule has 2 heterocycles. The summed E-state index contributed by atoms with van der Waals surface area (Å²) in [5.74, 6) is -1.21. The third-order valence-corrected chi connectivity index (χ3v) is 4.20. The molecule has 0 fully saturated rings. The van der Waals surface area contributed by atoms with E-state index in [1.165, 1.54) is 17.4 Å². The largest absolute Gasteiger partial charge is 0.461 e. The van der Waals surface area contributed by atoms with Crippen molar-refractivity contribution in [3.05, 3.63) is 63.9 Å². The lowest BCUT2D eigenvalue weighted by atomic mass is 10.1. The number of hydrogen-bond donors (Lipinski definition) is 0. The van der Waals surface area contributed by atoms with Crippen molar-refractivity contribution in [2.75, 3.05) is 13.2 Å². The molecule has 2 aromatic rings. The van der Waals surface area contributed by atoms with Gasteiger partial charge >= 0.3 is 5.97 Å². The Kier molecular flexibility index (Phi) is 4.34. The number of benzene rings is 1. The fourth-order valence-corrected chi connectivity index (χ4v) is 2.88. The van der Waals surface area contributed by atoms with Crippen LogP contribution in [-0.2, 0) is 9.53 Å². The molecule has 2 amide bonds. The Labute approximate surface area is 136 Å². The number of nitrogens with zero attached hydrogens (tertiary/aromatic N) is 1. The topological polar surface area (TPSA) is 63.7 Å². The molecule has 3 rings (SSSR count). The van der Waals surface area contributed by atoms with Crippen molar-refractivity contribution in [2.24, 2.45) is 0 Å². The molecule has 1 aliphatic rings. The summed E-state index contributed by atoms with van der Waals surface area (Å²) in [5.41, 5.74) is 0.780. The van der Waals surface area contributed by atoms with E-state index in [-0.39, 0.29) is 25.0 Å². The molecule has 23 heavy (non-hydrogen) atoms. The number of carbonyl (C=O) groups is 3. The summed E-state index contributed by atoms with van der Waals surface area (Å²) in [4.78, 5) is 37.9. The highest BCUT2D eigenvalue weighted by Gasteiger charge is 2.34. The number of rotatable bonds is 5. The fraction of sp³-hybridized carbons (Fsp3) is 0.118. The highest BCUT2D eigenvalue weighted by Crippen LogP contribution is 2.21. The molecule has 0 N–H and O–H groups in total. The van der Waals surface area contributed by atoms with Crippen LogP contribution in [0.25, 0.3) is 6.08 Å².